The minimum atomic E-state index is -0.391. The molecular weight excluding hydrogens is 348 g/mol. The molecule has 0 saturated heterocycles. The van der Waals surface area contributed by atoms with Crippen LogP contribution >= 0.6 is 0 Å². The van der Waals surface area contributed by atoms with Gasteiger partial charge < -0.3 is 15.5 Å². The van der Waals surface area contributed by atoms with E-state index in [1.165, 1.54) is 36.9 Å². The van der Waals surface area contributed by atoms with E-state index in [9.17, 15) is 4.79 Å². The molecule has 1 atom stereocenters. The fraction of sp³-hybridized carbons (Fsp3) is 0.478. The van der Waals surface area contributed by atoms with Crippen LogP contribution in [0.25, 0.3) is 0 Å². The summed E-state index contributed by atoms with van der Waals surface area (Å²) in [5.74, 6) is 0.0630. The lowest BCUT2D eigenvalue weighted by Crippen LogP contribution is -2.44. The zero-order valence-electron chi connectivity index (χ0n) is 16.7. The van der Waals surface area contributed by atoms with E-state index in [0.29, 0.717) is 6.04 Å². The zero-order chi connectivity index (χ0) is 19.3. The number of aryl methyl sites for hydroxylation is 1. The summed E-state index contributed by atoms with van der Waals surface area (Å²) in [5.41, 5.74) is 4.51. The number of pyridine rings is 1. The second-order valence-corrected chi connectivity index (χ2v) is 8.02. The summed E-state index contributed by atoms with van der Waals surface area (Å²) in [6.07, 6.45) is 11.7. The molecule has 2 aromatic rings. The normalized spacial score (nSPS) is 17.9. The quantitative estimate of drug-likeness (QED) is 0.824. The molecule has 5 heteroatoms. The predicted molar refractivity (Wildman–Crippen MR) is 114 cm³/mol. The van der Waals surface area contributed by atoms with Gasteiger partial charge in [-0.2, -0.15) is 0 Å². The zero-order valence-corrected chi connectivity index (χ0v) is 16.7. The summed E-state index contributed by atoms with van der Waals surface area (Å²) in [6, 6.07) is 10.3. The molecule has 1 aliphatic carbocycles. The third kappa shape index (κ3) is 4.13. The Labute approximate surface area is 167 Å². The smallest absolute Gasteiger partial charge is 0.247 e. The van der Waals surface area contributed by atoms with Gasteiger partial charge in [0, 0.05) is 49.0 Å². The molecule has 28 heavy (non-hydrogen) atoms. The van der Waals surface area contributed by atoms with Crippen molar-refractivity contribution in [3.05, 3.63) is 53.9 Å². The number of hydrogen-bond donors (Lipinski definition) is 2. The van der Waals surface area contributed by atoms with Gasteiger partial charge >= 0.3 is 0 Å². The molecule has 5 nitrogen and oxygen atoms in total. The highest BCUT2D eigenvalue weighted by molar-refractivity contribution is 5.87. The molecule has 1 aromatic carbocycles. The van der Waals surface area contributed by atoms with Crippen LogP contribution in [0.5, 0.6) is 0 Å². The molecule has 1 fully saturated rings. The Kier molecular flexibility index (Phi) is 5.79. The molecule has 1 saturated carbocycles. The largest absolute Gasteiger partial charge is 0.385 e. The number of likely N-dealkylation sites (N-methyl/N-ethyl adjacent to an activating group) is 1. The number of carbonyl (C=O) groups is 1. The summed E-state index contributed by atoms with van der Waals surface area (Å²) in [7, 11) is 2.00. The van der Waals surface area contributed by atoms with Crippen molar-refractivity contribution < 1.29 is 4.79 Å². The van der Waals surface area contributed by atoms with Gasteiger partial charge in [-0.05, 0) is 49.4 Å². The highest BCUT2D eigenvalue weighted by Gasteiger charge is 2.28. The minimum absolute atomic E-state index is 0.0630. The Balaban J connectivity index is 1.60. The fourth-order valence-corrected chi connectivity index (χ4v) is 4.43. The Morgan fingerprint density at radius 1 is 1.21 bits per heavy atom. The Morgan fingerprint density at radius 2 is 2.07 bits per heavy atom. The van der Waals surface area contributed by atoms with Crippen molar-refractivity contribution in [3.63, 3.8) is 0 Å². The highest BCUT2D eigenvalue weighted by atomic mass is 16.2. The number of fused-ring (bicyclic) bond motifs is 1. The predicted octanol–water partition coefficient (Wildman–Crippen LogP) is 4.07. The number of benzene rings is 1. The van der Waals surface area contributed by atoms with Crippen LogP contribution in [0.4, 0.5) is 11.4 Å². The summed E-state index contributed by atoms with van der Waals surface area (Å²) in [4.78, 5) is 19.7. The number of carbonyl (C=O) groups excluding carboxylic acids is 1. The molecule has 1 aliphatic heterocycles. The van der Waals surface area contributed by atoms with Gasteiger partial charge in [-0.15, -0.1) is 0 Å². The third-order valence-corrected chi connectivity index (χ3v) is 6.03. The average molecular weight is 379 g/mol. The van der Waals surface area contributed by atoms with E-state index in [1.54, 1.807) is 12.4 Å². The fourth-order valence-electron chi connectivity index (χ4n) is 4.43. The van der Waals surface area contributed by atoms with Gasteiger partial charge in [-0.3, -0.25) is 9.78 Å². The number of aromatic nitrogens is 1. The van der Waals surface area contributed by atoms with E-state index in [1.807, 2.05) is 19.2 Å². The molecule has 4 rings (SSSR count). The molecule has 0 radical (unpaired) electrons. The van der Waals surface area contributed by atoms with E-state index in [-0.39, 0.29) is 5.91 Å². The number of rotatable bonds is 5. The lowest BCUT2D eigenvalue weighted by atomic mass is 9.94. The van der Waals surface area contributed by atoms with Gasteiger partial charge in [0.2, 0.25) is 5.91 Å². The number of hydrogen-bond acceptors (Lipinski definition) is 4. The lowest BCUT2D eigenvalue weighted by Gasteiger charge is -2.32. The van der Waals surface area contributed by atoms with E-state index in [2.05, 4.69) is 38.7 Å². The van der Waals surface area contributed by atoms with Gasteiger partial charge in [0.1, 0.15) is 6.04 Å². The van der Waals surface area contributed by atoms with Crippen LogP contribution in [0.15, 0.2) is 42.7 Å². The topological polar surface area (TPSA) is 57.3 Å². The van der Waals surface area contributed by atoms with Crippen LogP contribution in [0, 0.1) is 0 Å². The number of anilines is 2. The summed E-state index contributed by atoms with van der Waals surface area (Å²) < 4.78 is 0. The standard InChI is InChI=1S/C23H30N4O/c1-27(20-12-11-17-7-6-14-25-21(17)15-20)22(18-8-5-13-24-16-18)23(28)26-19-9-3-2-4-10-19/h5,8,11-13,15-16,19,22,25H,2-4,6-7,9-10,14H2,1H3,(H,26,28). The Bertz CT molecular complexity index is 802. The first-order valence-electron chi connectivity index (χ1n) is 10.5. The summed E-state index contributed by atoms with van der Waals surface area (Å²) in [6.45, 7) is 1.01. The molecule has 1 amide bonds. The SMILES string of the molecule is CN(c1ccc2c(c1)NCCC2)C(C(=O)NC1CCCCC1)c1cccnc1. The van der Waals surface area contributed by atoms with Gasteiger partial charge in [-0.1, -0.05) is 31.4 Å². The van der Waals surface area contributed by atoms with Crippen LogP contribution < -0.4 is 15.5 Å². The van der Waals surface area contributed by atoms with Crippen molar-refractivity contribution in [3.8, 4) is 0 Å². The second-order valence-electron chi connectivity index (χ2n) is 8.02. The number of nitrogens with zero attached hydrogens (tertiary/aromatic N) is 2. The molecule has 2 aliphatic rings. The second kappa shape index (κ2) is 8.63. The van der Waals surface area contributed by atoms with E-state index < -0.39 is 6.04 Å². The van der Waals surface area contributed by atoms with Gasteiger partial charge in [0.05, 0.1) is 0 Å². The molecule has 2 heterocycles. The molecule has 148 valence electrons. The van der Waals surface area contributed by atoms with Crippen molar-refractivity contribution in [2.75, 3.05) is 23.8 Å². The van der Waals surface area contributed by atoms with Crippen molar-refractivity contribution in [1.29, 1.82) is 0 Å². The van der Waals surface area contributed by atoms with Gasteiger partial charge in [-0.25, -0.2) is 0 Å². The maximum absolute atomic E-state index is 13.3. The first kappa shape index (κ1) is 18.8. The minimum Gasteiger partial charge on any atom is -0.385 e. The van der Waals surface area contributed by atoms with Crippen molar-refractivity contribution in [1.82, 2.24) is 10.3 Å². The lowest BCUT2D eigenvalue weighted by molar-refractivity contribution is -0.123. The van der Waals surface area contributed by atoms with Gasteiger partial charge in [0.25, 0.3) is 0 Å². The third-order valence-electron chi connectivity index (χ3n) is 6.03. The van der Waals surface area contributed by atoms with Crippen LogP contribution in [0.3, 0.4) is 0 Å². The molecule has 2 N–H and O–H groups in total. The first-order valence-corrected chi connectivity index (χ1v) is 10.5. The maximum Gasteiger partial charge on any atom is 0.247 e. The van der Waals surface area contributed by atoms with Crippen LogP contribution in [0.1, 0.15) is 55.7 Å². The molecule has 1 aromatic heterocycles. The first-order chi connectivity index (χ1) is 13.7. The van der Waals surface area contributed by atoms with Crippen molar-refractivity contribution in [2.24, 2.45) is 0 Å². The van der Waals surface area contributed by atoms with Crippen molar-refractivity contribution >= 4 is 17.3 Å². The Morgan fingerprint density at radius 3 is 2.86 bits per heavy atom. The summed E-state index contributed by atoms with van der Waals surface area (Å²) in [5, 5.41) is 6.80. The van der Waals surface area contributed by atoms with E-state index in [4.69, 9.17) is 0 Å². The van der Waals surface area contributed by atoms with Crippen molar-refractivity contribution in [2.45, 2.75) is 57.0 Å². The monoisotopic (exact) mass is 378 g/mol. The van der Waals surface area contributed by atoms with Crippen LogP contribution in [-0.2, 0) is 11.2 Å². The molecule has 0 bridgehead atoms. The van der Waals surface area contributed by atoms with E-state index in [0.717, 1.165) is 37.1 Å². The number of nitrogens with one attached hydrogen (secondary N) is 2. The maximum atomic E-state index is 13.3. The summed E-state index contributed by atoms with van der Waals surface area (Å²) >= 11 is 0. The highest BCUT2D eigenvalue weighted by Crippen LogP contribution is 2.31. The molecule has 1 unspecified atom stereocenters. The van der Waals surface area contributed by atoms with E-state index >= 15 is 0 Å². The molecular formula is C23H30N4O. The van der Waals surface area contributed by atoms with Crippen LogP contribution in [-0.4, -0.2) is 30.5 Å². The Hall–Kier alpha value is -2.56. The van der Waals surface area contributed by atoms with Gasteiger partial charge in [0.15, 0.2) is 0 Å². The number of amides is 1. The molecule has 0 spiro atoms. The average Bonchev–Trinajstić information content (AvgIpc) is 2.75. The van der Waals surface area contributed by atoms with Crippen LogP contribution in [0.2, 0.25) is 0 Å².